The van der Waals surface area contributed by atoms with Gasteiger partial charge >= 0.3 is 0 Å². The molecule has 0 unspecified atom stereocenters. The van der Waals surface area contributed by atoms with Crippen molar-refractivity contribution in [2.45, 2.75) is 13.5 Å². The molecular weight excluding hydrogens is 208 g/mol. The molecule has 2 rings (SSSR count). The normalized spacial score (nSPS) is 11.5. The lowest BCUT2D eigenvalue weighted by Gasteiger charge is -2.09. The van der Waals surface area contributed by atoms with Gasteiger partial charge in [-0.1, -0.05) is 54.6 Å². The van der Waals surface area contributed by atoms with Crippen molar-refractivity contribution in [3.8, 4) is 0 Å². The molecule has 2 aromatic rings. The molecule has 17 heavy (non-hydrogen) atoms. The Morgan fingerprint density at radius 3 is 2.35 bits per heavy atom. The monoisotopic (exact) mass is 224 g/mol. The second-order valence-electron chi connectivity index (χ2n) is 3.93. The zero-order valence-electron chi connectivity index (χ0n) is 9.93. The first-order valence-corrected chi connectivity index (χ1v) is 5.77. The molecule has 0 fully saturated rings. The number of benzene rings is 2. The third-order valence-electron chi connectivity index (χ3n) is 2.79. The molecule has 0 aliphatic heterocycles. The fourth-order valence-electron chi connectivity index (χ4n) is 1.95. The molecule has 1 nitrogen and oxygen atoms in total. The Bertz CT molecular complexity index is 512. The van der Waals surface area contributed by atoms with Gasteiger partial charge in [0, 0.05) is 0 Å². The molecule has 0 atom stereocenters. The molecule has 0 heterocycles. The van der Waals surface area contributed by atoms with Gasteiger partial charge in [0.15, 0.2) is 0 Å². The quantitative estimate of drug-likeness (QED) is 0.844. The smallest absolute Gasteiger partial charge is 0.0682 e. The molecule has 0 saturated heterocycles. The number of aliphatic hydroxyl groups is 1. The molecule has 1 heteroatoms. The van der Waals surface area contributed by atoms with Gasteiger partial charge in [-0.25, -0.2) is 0 Å². The van der Waals surface area contributed by atoms with Crippen LogP contribution in [0, 0.1) is 0 Å². The lowest BCUT2D eigenvalue weighted by Crippen LogP contribution is -1.90. The highest BCUT2D eigenvalue weighted by Gasteiger charge is 2.03. The predicted octanol–water partition coefficient (Wildman–Crippen LogP) is 3.63. The van der Waals surface area contributed by atoms with E-state index in [1.54, 1.807) is 0 Å². The van der Waals surface area contributed by atoms with Crippen LogP contribution >= 0.6 is 0 Å². The van der Waals surface area contributed by atoms with Gasteiger partial charge in [-0.3, -0.25) is 0 Å². The Balaban J connectivity index is 2.43. The summed E-state index contributed by atoms with van der Waals surface area (Å²) in [4.78, 5) is 0. The Hall–Kier alpha value is -1.86. The van der Waals surface area contributed by atoms with Crippen LogP contribution in [-0.2, 0) is 6.61 Å². The van der Waals surface area contributed by atoms with E-state index in [1.807, 2.05) is 43.3 Å². The average molecular weight is 224 g/mol. The minimum atomic E-state index is 0.0830. The first-order chi connectivity index (χ1) is 8.35. The molecule has 0 aromatic heterocycles. The van der Waals surface area contributed by atoms with Crippen molar-refractivity contribution in [2.24, 2.45) is 0 Å². The first-order valence-electron chi connectivity index (χ1n) is 5.77. The van der Waals surface area contributed by atoms with Crippen LogP contribution < -0.4 is 0 Å². The molecule has 0 aliphatic rings. The van der Waals surface area contributed by atoms with E-state index >= 15 is 0 Å². The predicted molar refractivity (Wildman–Crippen MR) is 71.6 cm³/mol. The number of rotatable bonds is 3. The van der Waals surface area contributed by atoms with Gasteiger partial charge in [-0.2, -0.15) is 0 Å². The molecule has 0 spiro atoms. The van der Waals surface area contributed by atoms with Crippen LogP contribution in [0.1, 0.15) is 23.6 Å². The van der Waals surface area contributed by atoms with Crippen LogP contribution in [-0.4, -0.2) is 5.11 Å². The topological polar surface area (TPSA) is 20.2 Å². The molecule has 0 saturated carbocycles. The summed E-state index contributed by atoms with van der Waals surface area (Å²) in [5.74, 6) is 0. The van der Waals surface area contributed by atoms with Crippen molar-refractivity contribution in [1.29, 1.82) is 0 Å². The van der Waals surface area contributed by atoms with Crippen LogP contribution in [0.4, 0.5) is 0 Å². The van der Waals surface area contributed by atoms with E-state index in [-0.39, 0.29) is 6.61 Å². The van der Waals surface area contributed by atoms with E-state index in [0.29, 0.717) is 0 Å². The highest BCUT2D eigenvalue weighted by atomic mass is 16.3. The van der Waals surface area contributed by atoms with Crippen molar-refractivity contribution >= 4 is 5.57 Å². The van der Waals surface area contributed by atoms with Gasteiger partial charge in [0.25, 0.3) is 0 Å². The van der Waals surface area contributed by atoms with Crippen LogP contribution in [0.5, 0.6) is 0 Å². The molecule has 1 N–H and O–H groups in total. The van der Waals surface area contributed by atoms with Gasteiger partial charge in [0.05, 0.1) is 6.61 Å². The van der Waals surface area contributed by atoms with E-state index in [4.69, 9.17) is 5.11 Å². The lowest BCUT2D eigenvalue weighted by molar-refractivity contribution is 0.282. The Morgan fingerprint density at radius 2 is 1.71 bits per heavy atom. The third kappa shape index (κ3) is 2.63. The SMILES string of the molecule is C/C=C(/c1ccccc1)c1cccc(CO)c1. The second-order valence-corrected chi connectivity index (χ2v) is 3.93. The summed E-state index contributed by atoms with van der Waals surface area (Å²) in [6.45, 7) is 2.12. The molecule has 0 aliphatic carbocycles. The summed E-state index contributed by atoms with van der Waals surface area (Å²) in [6.07, 6.45) is 2.10. The molecule has 0 radical (unpaired) electrons. The van der Waals surface area contributed by atoms with Crippen molar-refractivity contribution in [1.82, 2.24) is 0 Å². The maximum atomic E-state index is 9.17. The summed E-state index contributed by atoms with van der Waals surface area (Å²) in [5, 5.41) is 9.17. The molecule has 86 valence electrons. The highest BCUT2D eigenvalue weighted by Crippen LogP contribution is 2.23. The van der Waals surface area contributed by atoms with Gasteiger partial charge in [-0.05, 0) is 35.3 Å². The fraction of sp³-hybridized carbons (Fsp3) is 0.125. The summed E-state index contributed by atoms with van der Waals surface area (Å²) in [6, 6.07) is 18.3. The lowest BCUT2D eigenvalue weighted by atomic mass is 9.96. The second kappa shape index (κ2) is 5.46. The van der Waals surface area contributed by atoms with Gasteiger partial charge in [0.2, 0.25) is 0 Å². The Labute approximate surface area is 102 Å². The van der Waals surface area contributed by atoms with E-state index in [1.165, 1.54) is 11.1 Å². The van der Waals surface area contributed by atoms with E-state index in [0.717, 1.165) is 11.1 Å². The first kappa shape index (κ1) is 11.6. The maximum Gasteiger partial charge on any atom is 0.0682 e. The molecule has 0 bridgehead atoms. The number of aliphatic hydroxyl groups excluding tert-OH is 1. The average Bonchev–Trinajstić information content (AvgIpc) is 2.41. The molecule has 2 aromatic carbocycles. The van der Waals surface area contributed by atoms with Crippen molar-refractivity contribution in [3.63, 3.8) is 0 Å². The number of hydrogen-bond acceptors (Lipinski definition) is 1. The van der Waals surface area contributed by atoms with Gasteiger partial charge in [0.1, 0.15) is 0 Å². The van der Waals surface area contributed by atoms with E-state index < -0.39 is 0 Å². The maximum absolute atomic E-state index is 9.17. The summed E-state index contributed by atoms with van der Waals surface area (Å²) >= 11 is 0. The van der Waals surface area contributed by atoms with Gasteiger partial charge < -0.3 is 5.11 Å². The minimum absolute atomic E-state index is 0.0830. The van der Waals surface area contributed by atoms with Crippen LogP contribution in [0.2, 0.25) is 0 Å². The van der Waals surface area contributed by atoms with Gasteiger partial charge in [-0.15, -0.1) is 0 Å². The van der Waals surface area contributed by atoms with Crippen LogP contribution in [0.25, 0.3) is 5.57 Å². The zero-order valence-corrected chi connectivity index (χ0v) is 9.93. The standard InChI is InChI=1S/C16H16O/c1-2-16(14-8-4-3-5-9-14)15-10-6-7-13(11-15)12-17/h2-11,17H,12H2,1H3/b16-2-. The highest BCUT2D eigenvalue weighted by molar-refractivity contribution is 5.79. The molecule has 0 amide bonds. The summed E-state index contributed by atoms with van der Waals surface area (Å²) < 4.78 is 0. The Morgan fingerprint density at radius 1 is 1.00 bits per heavy atom. The number of hydrogen-bond donors (Lipinski definition) is 1. The Kier molecular flexibility index (Phi) is 3.73. The van der Waals surface area contributed by atoms with E-state index in [2.05, 4.69) is 24.3 Å². The van der Waals surface area contributed by atoms with Crippen molar-refractivity contribution in [2.75, 3.05) is 0 Å². The number of allylic oxidation sites excluding steroid dienone is 1. The fourth-order valence-corrected chi connectivity index (χ4v) is 1.95. The van der Waals surface area contributed by atoms with Crippen molar-refractivity contribution < 1.29 is 5.11 Å². The molecular formula is C16H16O. The minimum Gasteiger partial charge on any atom is -0.392 e. The largest absolute Gasteiger partial charge is 0.392 e. The van der Waals surface area contributed by atoms with Crippen molar-refractivity contribution in [3.05, 3.63) is 77.4 Å². The third-order valence-corrected chi connectivity index (χ3v) is 2.79. The van der Waals surface area contributed by atoms with E-state index in [9.17, 15) is 0 Å². The summed E-state index contributed by atoms with van der Waals surface area (Å²) in [7, 11) is 0. The zero-order chi connectivity index (χ0) is 12.1. The van der Waals surface area contributed by atoms with Crippen LogP contribution in [0.15, 0.2) is 60.7 Å². The van der Waals surface area contributed by atoms with Crippen LogP contribution in [0.3, 0.4) is 0 Å². The summed E-state index contributed by atoms with van der Waals surface area (Å²) in [5.41, 5.74) is 4.48.